The number of anilines is 1. The van der Waals surface area contributed by atoms with Crippen LogP contribution >= 0.6 is 0 Å². The van der Waals surface area contributed by atoms with E-state index in [1.54, 1.807) is 21.3 Å². The number of fused-ring (bicyclic) bond motifs is 5. The molecule has 2 aromatic rings. The average molecular weight is 493 g/mol. The molecule has 194 valence electrons. The highest BCUT2D eigenvalue weighted by atomic mass is 16.5. The number of aryl methyl sites for hydroxylation is 1. The number of rotatable bonds is 5. The van der Waals surface area contributed by atoms with Crippen LogP contribution in [0.3, 0.4) is 0 Å². The summed E-state index contributed by atoms with van der Waals surface area (Å²) in [5.74, 6) is 1.88. The van der Waals surface area contributed by atoms with Gasteiger partial charge in [0.2, 0.25) is 11.2 Å². The second-order valence-corrected chi connectivity index (χ2v) is 12.0. The molecule has 2 aromatic carbocycles. The lowest BCUT2D eigenvalue weighted by molar-refractivity contribution is 0.136. The molecule has 1 aliphatic heterocycles. The molecule has 0 aromatic heterocycles. The minimum Gasteiger partial charge on any atom is -0.493 e. The fourth-order valence-corrected chi connectivity index (χ4v) is 7.58. The van der Waals surface area contributed by atoms with Crippen LogP contribution in [0.1, 0.15) is 63.6 Å². The van der Waals surface area contributed by atoms with E-state index >= 15 is 0 Å². The van der Waals surface area contributed by atoms with Gasteiger partial charge in [-0.3, -0.25) is 4.79 Å². The topological polar surface area (TPSA) is 60.0 Å². The Morgan fingerprint density at radius 2 is 1.75 bits per heavy atom. The number of ether oxygens (including phenoxy) is 3. The highest BCUT2D eigenvalue weighted by Crippen LogP contribution is 2.54. The van der Waals surface area contributed by atoms with E-state index in [1.807, 2.05) is 13.1 Å². The van der Waals surface area contributed by atoms with Crippen molar-refractivity contribution < 1.29 is 14.2 Å². The zero-order valence-electron chi connectivity index (χ0n) is 22.8. The van der Waals surface area contributed by atoms with Gasteiger partial charge in [0.25, 0.3) is 0 Å². The van der Waals surface area contributed by atoms with Gasteiger partial charge in [0.05, 0.1) is 27.0 Å². The molecule has 2 bridgehead atoms. The molecule has 6 nitrogen and oxygen atoms in total. The zero-order chi connectivity index (χ0) is 25.8. The molecule has 1 heterocycles. The monoisotopic (exact) mass is 492 g/mol. The highest BCUT2D eigenvalue weighted by molar-refractivity contribution is 5.83. The first kappa shape index (κ1) is 24.9. The van der Waals surface area contributed by atoms with E-state index in [1.165, 1.54) is 6.42 Å². The molecule has 1 N–H and O–H groups in total. The predicted molar refractivity (Wildman–Crippen MR) is 145 cm³/mol. The van der Waals surface area contributed by atoms with Crippen LogP contribution in [0.25, 0.3) is 11.1 Å². The maximum atomic E-state index is 13.9. The van der Waals surface area contributed by atoms with Crippen molar-refractivity contribution in [3.05, 3.63) is 45.6 Å². The van der Waals surface area contributed by atoms with Gasteiger partial charge in [-0.25, -0.2) is 0 Å². The number of nitrogens with one attached hydrogen (secondary N) is 1. The molecule has 36 heavy (non-hydrogen) atoms. The minimum absolute atomic E-state index is 0.0521. The Labute approximate surface area is 214 Å². The van der Waals surface area contributed by atoms with E-state index in [0.29, 0.717) is 28.7 Å². The van der Waals surface area contributed by atoms with Crippen molar-refractivity contribution in [3.63, 3.8) is 0 Å². The predicted octanol–water partition coefficient (Wildman–Crippen LogP) is 5.35. The van der Waals surface area contributed by atoms with Gasteiger partial charge in [-0.1, -0.05) is 26.8 Å². The number of benzene rings is 1. The SMILES string of the molecule is CN[C@@H]1CCc2cc(OC)c(OC)c(OC)c2-c2ccc(N3C[C@]4(C)C[C@H]3CC(C)(C)C4)c(=O)cc21. The zero-order valence-corrected chi connectivity index (χ0v) is 22.8. The molecule has 0 unspecified atom stereocenters. The van der Waals surface area contributed by atoms with Crippen molar-refractivity contribution >= 4 is 5.69 Å². The van der Waals surface area contributed by atoms with Gasteiger partial charge in [0.15, 0.2) is 11.5 Å². The average Bonchev–Trinajstić information content (AvgIpc) is 2.93. The molecular weight excluding hydrogens is 452 g/mol. The Bertz CT molecular complexity index is 1240. The van der Waals surface area contributed by atoms with Crippen LogP contribution in [0.2, 0.25) is 0 Å². The lowest BCUT2D eigenvalue weighted by atomic mass is 9.65. The van der Waals surface area contributed by atoms with Crippen LogP contribution in [-0.4, -0.2) is 41.0 Å². The van der Waals surface area contributed by atoms with Crippen molar-refractivity contribution in [2.24, 2.45) is 10.8 Å². The van der Waals surface area contributed by atoms with E-state index < -0.39 is 0 Å². The summed E-state index contributed by atoms with van der Waals surface area (Å²) in [6, 6.07) is 8.56. The number of methoxy groups -OCH3 is 3. The molecule has 2 fully saturated rings. The van der Waals surface area contributed by atoms with Gasteiger partial charge in [-0.15, -0.1) is 0 Å². The second-order valence-electron chi connectivity index (χ2n) is 12.0. The van der Waals surface area contributed by atoms with Crippen LogP contribution in [0.4, 0.5) is 5.69 Å². The Morgan fingerprint density at radius 3 is 2.42 bits per heavy atom. The standard InChI is InChI=1S/C30H40N2O4/c1-29(2)14-19-15-30(3,16-29)17-32(19)23-11-9-20-21(13-24(23)33)22(31-4)10-8-18-12-25(34-5)27(35-6)28(36-7)26(18)20/h9,11-13,19,22,31H,8,10,14-17H2,1-7H3/t19-,22-,30-/m1/s1. The summed E-state index contributed by atoms with van der Waals surface area (Å²) in [4.78, 5) is 16.3. The minimum atomic E-state index is 0.0521. The van der Waals surface area contributed by atoms with E-state index in [-0.39, 0.29) is 16.9 Å². The molecule has 6 heteroatoms. The fraction of sp³-hybridized carbons (Fsp3) is 0.567. The van der Waals surface area contributed by atoms with Gasteiger partial charge in [0, 0.05) is 24.2 Å². The third kappa shape index (κ3) is 4.03. The van der Waals surface area contributed by atoms with E-state index in [4.69, 9.17) is 14.2 Å². The Balaban J connectivity index is 1.72. The van der Waals surface area contributed by atoms with E-state index in [9.17, 15) is 4.79 Å². The summed E-state index contributed by atoms with van der Waals surface area (Å²) in [7, 11) is 6.91. The summed E-state index contributed by atoms with van der Waals surface area (Å²) in [6.45, 7) is 8.07. The van der Waals surface area contributed by atoms with Crippen LogP contribution in [0.5, 0.6) is 17.2 Å². The number of hydrogen-bond acceptors (Lipinski definition) is 6. The Morgan fingerprint density at radius 1 is 1.00 bits per heavy atom. The lowest BCUT2D eigenvalue weighted by Crippen LogP contribution is -2.35. The number of hydrogen-bond donors (Lipinski definition) is 1. The maximum Gasteiger partial charge on any atom is 0.203 e. The quantitative estimate of drug-likeness (QED) is 0.607. The van der Waals surface area contributed by atoms with Crippen molar-refractivity contribution in [1.29, 1.82) is 0 Å². The van der Waals surface area contributed by atoms with Crippen LogP contribution in [0, 0.1) is 10.8 Å². The van der Waals surface area contributed by atoms with Crippen molar-refractivity contribution in [2.75, 3.05) is 39.8 Å². The molecule has 0 amide bonds. The first-order chi connectivity index (χ1) is 17.1. The van der Waals surface area contributed by atoms with Gasteiger partial charge in [-0.2, -0.15) is 0 Å². The first-order valence-electron chi connectivity index (χ1n) is 13.1. The maximum absolute atomic E-state index is 13.9. The third-order valence-electron chi connectivity index (χ3n) is 8.59. The third-order valence-corrected chi connectivity index (χ3v) is 8.59. The van der Waals surface area contributed by atoms with Gasteiger partial charge in [0.1, 0.15) is 0 Å². The molecule has 0 radical (unpaired) electrons. The molecule has 3 aliphatic rings. The Hall–Kier alpha value is -2.73. The molecule has 1 saturated heterocycles. The fourth-order valence-electron chi connectivity index (χ4n) is 7.58. The van der Waals surface area contributed by atoms with Crippen molar-refractivity contribution in [1.82, 2.24) is 5.32 Å². The molecule has 1 saturated carbocycles. The smallest absolute Gasteiger partial charge is 0.203 e. The largest absolute Gasteiger partial charge is 0.493 e. The summed E-state index contributed by atoms with van der Waals surface area (Å²) in [6.07, 6.45) is 5.17. The van der Waals surface area contributed by atoms with Crippen LogP contribution < -0.4 is 29.9 Å². The summed E-state index contributed by atoms with van der Waals surface area (Å²) in [5.41, 5.74) is 5.58. The van der Waals surface area contributed by atoms with Crippen LogP contribution in [-0.2, 0) is 6.42 Å². The van der Waals surface area contributed by atoms with Crippen molar-refractivity contribution in [2.45, 2.75) is 65.0 Å². The number of nitrogens with zero attached hydrogens (tertiary/aromatic N) is 1. The summed E-state index contributed by atoms with van der Waals surface area (Å²) < 4.78 is 17.3. The highest BCUT2D eigenvalue weighted by Gasteiger charge is 2.50. The van der Waals surface area contributed by atoms with Gasteiger partial charge >= 0.3 is 0 Å². The van der Waals surface area contributed by atoms with Gasteiger partial charge in [-0.05, 0) is 84.9 Å². The summed E-state index contributed by atoms with van der Waals surface area (Å²) >= 11 is 0. The second kappa shape index (κ2) is 8.98. The molecule has 3 atom stereocenters. The molecule has 5 rings (SSSR count). The Kier molecular flexibility index (Phi) is 6.22. The van der Waals surface area contributed by atoms with E-state index in [2.05, 4.69) is 49.2 Å². The first-order valence-corrected chi connectivity index (χ1v) is 13.1. The molecular formula is C30H40N2O4. The lowest BCUT2D eigenvalue weighted by Gasteiger charge is -2.39. The molecule has 0 spiro atoms. The normalized spacial score (nSPS) is 26.0. The van der Waals surface area contributed by atoms with Crippen LogP contribution in [0.15, 0.2) is 29.1 Å². The van der Waals surface area contributed by atoms with E-state index in [0.717, 1.165) is 60.2 Å². The molecule has 2 aliphatic carbocycles. The van der Waals surface area contributed by atoms with Gasteiger partial charge < -0.3 is 24.4 Å². The van der Waals surface area contributed by atoms with Crippen molar-refractivity contribution in [3.8, 4) is 28.4 Å². The summed E-state index contributed by atoms with van der Waals surface area (Å²) in [5, 5.41) is 3.46.